The van der Waals surface area contributed by atoms with Gasteiger partial charge in [0.05, 0.1) is 11.1 Å². The van der Waals surface area contributed by atoms with Gasteiger partial charge in [0.1, 0.15) is 16.9 Å². The maximum absolute atomic E-state index is 12.5. The Hall–Kier alpha value is -3.59. The summed E-state index contributed by atoms with van der Waals surface area (Å²) in [6, 6.07) is 10.0. The normalized spacial score (nSPS) is 14.5. The van der Waals surface area contributed by atoms with Crippen LogP contribution in [0.15, 0.2) is 40.8 Å². The number of hydrogen-bond acceptors (Lipinski definition) is 6. The lowest BCUT2D eigenvalue weighted by atomic mass is 10.1. The van der Waals surface area contributed by atoms with E-state index < -0.39 is 11.8 Å². The minimum Gasteiger partial charge on any atom is -0.508 e. The van der Waals surface area contributed by atoms with Crippen LogP contribution in [0.4, 0.5) is 4.79 Å². The zero-order chi connectivity index (χ0) is 22.1. The number of phenolic OH excluding ortho intramolecular Hbond substituents is 1. The summed E-state index contributed by atoms with van der Waals surface area (Å²) in [5.74, 6) is -0.567. The van der Waals surface area contributed by atoms with Crippen LogP contribution >= 0.6 is 0 Å². The molecule has 0 fully saturated rings. The molecular weight excluding hydrogens is 400 g/mol. The highest BCUT2D eigenvalue weighted by Crippen LogP contribution is 2.35. The Bertz CT molecular complexity index is 1060. The minimum absolute atomic E-state index is 0.0567. The number of furan rings is 2. The Morgan fingerprint density at radius 3 is 2.23 bits per heavy atom. The number of urea groups is 1. The van der Waals surface area contributed by atoms with Gasteiger partial charge in [-0.1, -0.05) is 12.1 Å². The van der Waals surface area contributed by atoms with Crippen molar-refractivity contribution in [3.05, 3.63) is 53.1 Å². The molecule has 4 rings (SSSR count). The first-order chi connectivity index (χ1) is 14.8. The number of rotatable bonds is 8. The standard InChI is InChI=1S/C22H24N4O5/c1-25(2)14(11-13-3-5-15(27)6-4-13)12-24-22(30)23-9-10-26-20(28)18-16-7-8-17(31-16)19(18)21(26)29/h3-8,14,27H,9-12H2,1-2H3,(H2,23,24,30)/t14-/m0/s1. The van der Waals surface area contributed by atoms with Crippen molar-refractivity contribution in [2.75, 3.05) is 33.7 Å². The smallest absolute Gasteiger partial charge is 0.314 e. The molecule has 9 nitrogen and oxygen atoms in total. The second kappa shape index (κ2) is 8.27. The average molecular weight is 424 g/mol. The van der Waals surface area contributed by atoms with E-state index in [0.29, 0.717) is 35.3 Å². The monoisotopic (exact) mass is 424 g/mol. The summed E-state index contributed by atoms with van der Waals surface area (Å²) in [4.78, 5) is 40.3. The zero-order valence-corrected chi connectivity index (χ0v) is 17.3. The summed E-state index contributed by atoms with van der Waals surface area (Å²) in [5, 5.41) is 14.9. The molecule has 1 aromatic carbocycles. The largest absolute Gasteiger partial charge is 0.508 e. The van der Waals surface area contributed by atoms with Gasteiger partial charge in [0.15, 0.2) is 0 Å². The number of carbonyl (C=O) groups excluding carboxylic acids is 3. The molecule has 1 aliphatic heterocycles. The highest BCUT2D eigenvalue weighted by molar-refractivity contribution is 6.27. The van der Waals surface area contributed by atoms with Crippen LogP contribution in [0, 0.1) is 0 Å². The predicted molar refractivity (Wildman–Crippen MR) is 113 cm³/mol. The van der Waals surface area contributed by atoms with Crippen LogP contribution < -0.4 is 10.6 Å². The number of benzene rings is 2. The maximum Gasteiger partial charge on any atom is 0.314 e. The quantitative estimate of drug-likeness (QED) is 0.474. The topological polar surface area (TPSA) is 115 Å². The number of hydrogen-bond donors (Lipinski definition) is 3. The molecule has 9 heteroatoms. The molecule has 2 aromatic heterocycles. The van der Waals surface area contributed by atoms with Crippen LogP contribution in [0.25, 0.3) is 11.2 Å². The van der Waals surface area contributed by atoms with Crippen LogP contribution in [0.2, 0.25) is 0 Å². The molecule has 3 aromatic rings. The van der Waals surface area contributed by atoms with Gasteiger partial charge >= 0.3 is 6.03 Å². The Balaban J connectivity index is 1.24. The van der Waals surface area contributed by atoms with Crippen molar-refractivity contribution < 1.29 is 23.9 Å². The molecule has 4 amide bonds. The summed E-state index contributed by atoms with van der Waals surface area (Å²) < 4.78 is 5.38. The fourth-order valence-corrected chi connectivity index (χ4v) is 3.74. The molecule has 3 heterocycles. The van der Waals surface area contributed by atoms with E-state index in [1.54, 1.807) is 24.3 Å². The van der Waals surface area contributed by atoms with E-state index in [-0.39, 0.29) is 30.9 Å². The predicted octanol–water partition coefficient (Wildman–Crippen LogP) is 1.64. The number of phenols is 1. The molecule has 0 spiro atoms. The van der Waals surface area contributed by atoms with Gasteiger partial charge in [-0.2, -0.15) is 0 Å². The van der Waals surface area contributed by atoms with E-state index in [2.05, 4.69) is 10.6 Å². The first-order valence-corrected chi connectivity index (χ1v) is 10.0. The van der Waals surface area contributed by atoms with E-state index in [9.17, 15) is 19.5 Å². The number of aromatic hydroxyl groups is 1. The van der Waals surface area contributed by atoms with Gasteiger partial charge < -0.3 is 25.1 Å². The van der Waals surface area contributed by atoms with Gasteiger partial charge in [-0.25, -0.2) is 4.79 Å². The number of imide groups is 1. The number of amides is 4. The fourth-order valence-electron chi connectivity index (χ4n) is 3.74. The summed E-state index contributed by atoms with van der Waals surface area (Å²) in [7, 11) is 3.87. The minimum atomic E-state index is -0.391. The van der Waals surface area contributed by atoms with Crippen molar-refractivity contribution >= 4 is 29.0 Å². The third kappa shape index (κ3) is 4.04. The van der Waals surface area contributed by atoms with Crippen LogP contribution in [0.3, 0.4) is 0 Å². The molecule has 0 saturated carbocycles. The second-order valence-corrected chi connectivity index (χ2v) is 7.80. The lowest BCUT2D eigenvalue weighted by Gasteiger charge is -2.25. The van der Waals surface area contributed by atoms with Gasteiger partial charge in [0, 0.05) is 25.7 Å². The highest BCUT2D eigenvalue weighted by Gasteiger charge is 2.41. The van der Waals surface area contributed by atoms with E-state index in [0.717, 1.165) is 10.5 Å². The molecule has 1 aliphatic rings. The molecule has 3 N–H and O–H groups in total. The molecule has 0 aliphatic carbocycles. The van der Waals surface area contributed by atoms with Crippen LogP contribution in [-0.4, -0.2) is 72.5 Å². The lowest BCUT2D eigenvalue weighted by molar-refractivity contribution is 0.0655. The average Bonchev–Trinajstić information content (AvgIpc) is 3.42. The van der Waals surface area contributed by atoms with E-state index in [1.807, 2.05) is 31.1 Å². The van der Waals surface area contributed by atoms with Crippen LogP contribution in [-0.2, 0) is 6.42 Å². The van der Waals surface area contributed by atoms with Crippen LogP contribution in [0.1, 0.15) is 26.3 Å². The van der Waals surface area contributed by atoms with Crippen molar-refractivity contribution in [2.24, 2.45) is 0 Å². The third-order valence-corrected chi connectivity index (χ3v) is 5.52. The van der Waals surface area contributed by atoms with Gasteiger partial charge in [-0.3, -0.25) is 14.5 Å². The molecule has 31 heavy (non-hydrogen) atoms. The molecule has 162 valence electrons. The number of fused-ring (bicyclic) bond motifs is 5. The SMILES string of the molecule is CN(C)[C@H](CNC(=O)NCCN1C(=O)c2c(c3ccc2o3)C1=O)Cc1ccc(O)cc1. The molecule has 0 radical (unpaired) electrons. The molecule has 0 saturated heterocycles. The number of likely N-dealkylation sites (N-methyl/N-ethyl adjacent to an activating group) is 1. The summed E-state index contributed by atoms with van der Waals surface area (Å²) in [6.45, 7) is 0.646. The number of nitrogens with one attached hydrogen (secondary N) is 2. The van der Waals surface area contributed by atoms with Crippen molar-refractivity contribution in [1.29, 1.82) is 0 Å². The zero-order valence-electron chi connectivity index (χ0n) is 17.3. The van der Waals surface area contributed by atoms with Crippen molar-refractivity contribution in [2.45, 2.75) is 12.5 Å². The number of carbonyl (C=O) groups is 3. The van der Waals surface area contributed by atoms with Crippen molar-refractivity contribution in [3.63, 3.8) is 0 Å². The fraction of sp³-hybridized carbons (Fsp3) is 0.318. The first kappa shape index (κ1) is 20.7. The molecule has 1 atom stereocenters. The first-order valence-electron chi connectivity index (χ1n) is 10.0. The van der Waals surface area contributed by atoms with Gasteiger partial charge in [0.2, 0.25) is 0 Å². The van der Waals surface area contributed by atoms with E-state index >= 15 is 0 Å². The second-order valence-electron chi connectivity index (χ2n) is 7.80. The highest BCUT2D eigenvalue weighted by atomic mass is 16.3. The van der Waals surface area contributed by atoms with Gasteiger partial charge in [-0.15, -0.1) is 0 Å². The Kier molecular flexibility index (Phi) is 5.51. The molecule has 2 bridgehead atoms. The number of nitrogens with zero attached hydrogens (tertiary/aromatic N) is 2. The molecular formula is C22H24N4O5. The lowest BCUT2D eigenvalue weighted by Crippen LogP contribution is -2.47. The Labute approximate surface area is 178 Å². The van der Waals surface area contributed by atoms with Crippen molar-refractivity contribution in [3.8, 4) is 5.75 Å². The summed E-state index contributed by atoms with van der Waals surface area (Å²) >= 11 is 0. The van der Waals surface area contributed by atoms with Crippen molar-refractivity contribution in [1.82, 2.24) is 20.4 Å². The summed E-state index contributed by atoms with van der Waals surface area (Å²) in [5.41, 5.74) is 2.51. The molecule has 0 unspecified atom stereocenters. The van der Waals surface area contributed by atoms with Gasteiger partial charge in [0.25, 0.3) is 11.8 Å². The van der Waals surface area contributed by atoms with Gasteiger partial charge in [-0.05, 0) is 50.3 Å². The van der Waals surface area contributed by atoms with E-state index in [4.69, 9.17) is 4.42 Å². The third-order valence-electron chi connectivity index (χ3n) is 5.52. The Morgan fingerprint density at radius 1 is 1.03 bits per heavy atom. The summed E-state index contributed by atoms with van der Waals surface area (Å²) in [6.07, 6.45) is 0.704. The van der Waals surface area contributed by atoms with E-state index in [1.165, 1.54) is 0 Å². The van der Waals surface area contributed by atoms with Crippen LogP contribution in [0.5, 0.6) is 5.75 Å². The maximum atomic E-state index is 12.5. The Morgan fingerprint density at radius 2 is 1.65 bits per heavy atom.